The van der Waals surface area contributed by atoms with Crippen molar-refractivity contribution in [2.45, 2.75) is 0 Å². The van der Waals surface area contributed by atoms with Crippen LogP contribution >= 0.6 is 15.9 Å². The Kier molecular flexibility index (Phi) is 3.78. The average molecular weight is 318 g/mol. The van der Waals surface area contributed by atoms with Gasteiger partial charge in [-0.2, -0.15) is 5.26 Å². The molecule has 1 heterocycles. The van der Waals surface area contributed by atoms with Crippen molar-refractivity contribution >= 4 is 33.4 Å². The molecule has 0 amide bonds. The van der Waals surface area contributed by atoms with Gasteiger partial charge in [0.1, 0.15) is 11.9 Å². The van der Waals surface area contributed by atoms with Gasteiger partial charge in [0.05, 0.1) is 16.8 Å². The number of hydrogen-bond acceptors (Lipinski definition) is 4. The number of nitrogens with one attached hydrogen (secondary N) is 1. The van der Waals surface area contributed by atoms with Gasteiger partial charge in [-0.05, 0) is 30.3 Å². The molecule has 0 spiro atoms. The van der Waals surface area contributed by atoms with E-state index in [4.69, 9.17) is 10.4 Å². The van der Waals surface area contributed by atoms with Gasteiger partial charge in [0.25, 0.3) is 0 Å². The number of pyridine rings is 1. The fraction of sp³-hybridized carbons (Fsp3) is 0. The lowest BCUT2D eigenvalue weighted by Crippen LogP contribution is -2.00. The Balaban J connectivity index is 2.36. The van der Waals surface area contributed by atoms with E-state index in [1.54, 1.807) is 18.2 Å². The summed E-state index contributed by atoms with van der Waals surface area (Å²) in [5, 5.41) is 20.8. The molecule has 0 radical (unpaired) electrons. The summed E-state index contributed by atoms with van der Waals surface area (Å²) in [4.78, 5) is 14.9. The van der Waals surface area contributed by atoms with Crippen molar-refractivity contribution in [2.75, 3.05) is 5.32 Å². The maximum absolute atomic E-state index is 10.9. The van der Waals surface area contributed by atoms with E-state index in [1.807, 2.05) is 0 Å². The number of nitriles is 1. The van der Waals surface area contributed by atoms with Crippen molar-refractivity contribution in [3.05, 3.63) is 52.1 Å². The van der Waals surface area contributed by atoms with Crippen molar-refractivity contribution in [3.8, 4) is 6.07 Å². The quantitative estimate of drug-likeness (QED) is 0.908. The summed E-state index contributed by atoms with van der Waals surface area (Å²) in [5.41, 5.74) is 1.14. The van der Waals surface area contributed by atoms with Crippen LogP contribution in [0, 0.1) is 11.3 Å². The third-order valence-electron chi connectivity index (χ3n) is 2.37. The molecule has 0 aliphatic carbocycles. The van der Waals surface area contributed by atoms with Gasteiger partial charge in [-0.3, -0.25) is 0 Å². The molecule has 94 valence electrons. The highest BCUT2D eigenvalue weighted by atomic mass is 79.9. The second-order valence-electron chi connectivity index (χ2n) is 3.66. The highest BCUT2D eigenvalue weighted by Crippen LogP contribution is 2.24. The summed E-state index contributed by atoms with van der Waals surface area (Å²) >= 11 is 3.31. The summed E-state index contributed by atoms with van der Waals surface area (Å²) in [6.07, 6.45) is 1.40. The van der Waals surface area contributed by atoms with E-state index in [-0.39, 0.29) is 5.56 Å². The van der Waals surface area contributed by atoms with E-state index in [1.165, 1.54) is 18.3 Å². The maximum atomic E-state index is 10.9. The number of halogens is 1. The van der Waals surface area contributed by atoms with Gasteiger partial charge < -0.3 is 10.4 Å². The molecule has 0 bridgehead atoms. The number of aromatic carboxylic acids is 1. The van der Waals surface area contributed by atoms with Crippen LogP contribution < -0.4 is 5.32 Å². The lowest BCUT2D eigenvalue weighted by atomic mass is 10.2. The lowest BCUT2D eigenvalue weighted by Gasteiger charge is -2.08. The molecule has 0 fully saturated rings. The Morgan fingerprint density at radius 3 is 2.84 bits per heavy atom. The summed E-state index contributed by atoms with van der Waals surface area (Å²) in [5.74, 6) is -0.658. The molecule has 0 aliphatic rings. The number of nitrogens with zero attached hydrogens (tertiary/aromatic N) is 2. The van der Waals surface area contributed by atoms with Crippen LogP contribution in [-0.2, 0) is 0 Å². The van der Waals surface area contributed by atoms with Crippen LogP contribution in [0.3, 0.4) is 0 Å². The van der Waals surface area contributed by atoms with Crippen LogP contribution in [0.1, 0.15) is 15.9 Å². The molecule has 0 saturated carbocycles. The van der Waals surface area contributed by atoms with E-state index in [0.717, 1.165) is 4.47 Å². The Bertz CT molecular complexity index is 680. The fourth-order valence-corrected chi connectivity index (χ4v) is 1.85. The van der Waals surface area contributed by atoms with Gasteiger partial charge in [-0.15, -0.1) is 0 Å². The number of carbonyl (C=O) groups is 1. The van der Waals surface area contributed by atoms with Crippen LogP contribution in [0.4, 0.5) is 11.5 Å². The third kappa shape index (κ3) is 3.09. The monoisotopic (exact) mass is 317 g/mol. The topological polar surface area (TPSA) is 86.0 Å². The molecule has 6 heteroatoms. The van der Waals surface area contributed by atoms with E-state index < -0.39 is 5.97 Å². The first-order valence-electron chi connectivity index (χ1n) is 5.26. The largest absolute Gasteiger partial charge is 0.478 e. The standard InChI is InChI=1S/C13H8BrN3O2/c14-10-2-1-9(7-15)11(6-10)17-12-5-8(13(18)19)3-4-16-12/h1-6H,(H,16,17)(H,18,19). The second-order valence-corrected chi connectivity index (χ2v) is 4.58. The maximum Gasteiger partial charge on any atom is 0.335 e. The SMILES string of the molecule is N#Cc1ccc(Br)cc1Nc1cc(C(=O)O)ccn1. The first-order chi connectivity index (χ1) is 9.10. The Morgan fingerprint density at radius 2 is 2.16 bits per heavy atom. The first kappa shape index (κ1) is 13.1. The minimum absolute atomic E-state index is 0.131. The number of anilines is 2. The van der Waals surface area contributed by atoms with Gasteiger partial charge in [-0.1, -0.05) is 15.9 Å². The number of hydrogen-bond donors (Lipinski definition) is 2. The van der Waals surface area contributed by atoms with E-state index in [9.17, 15) is 4.79 Å². The zero-order valence-electron chi connectivity index (χ0n) is 9.59. The number of carboxylic acid groups (broad SMARTS) is 1. The normalized spacial score (nSPS) is 9.68. The smallest absolute Gasteiger partial charge is 0.335 e. The predicted octanol–water partition coefficient (Wildman–Crippen LogP) is 3.16. The molecule has 2 N–H and O–H groups in total. The van der Waals surface area contributed by atoms with Crippen molar-refractivity contribution < 1.29 is 9.90 Å². The van der Waals surface area contributed by atoms with E-state index in [2.05, 4.69) is 32.3 Å². The average Bonchev–Trinajstić information content (AvgIpc) is 2.39. The molecule has 2 aromatic rings. The molecule has 0 atom stereocenters. The van der Waals surface area contributed by atoms with Crippen molar-refractivity contribution in [1.82, 2.24) is 4.98 Å². The molecule has 0 aliphatic heterocycles. The molecule has 0 unspecified atom stereocenters. The predicted molar refractivity (Wildman–Crippen MR) is 73.3 cm³/mol. The second kappa shape index (κ2) is 5.50. The molecule has 19 heavy (non-hydrogen) atoms. The minimum atomic E-state index is -1.03. The number of benzene rings is 1. The van der Waals surface area contributed by atoms with Crippen LogP contribution in [0.2, 0.25) is 0 Å². The van der Waals surface area contributed by atoms with Crippen LogP contribution in [0.25, 0.3) is 0 Å². The number of rotatable bonds is 3. The summed E-state index contributed by atoms with van der Waals surface area (Å²) < 4.78 is 0.809. The number of carboxylic acids is 1. The van der Waals surface area contributed by atoms with Crippen molar-refractivity contribution in [2.24, 2.45) is 0 Å². The highest BCUT2D eigenvalue weighted by Gasteiger charge is 2.07. The molecule has 0 saturated heterocycles. The summed E-state index contributed by atoms with van der Waals surface area (Å²) in [6.45, 7) is 0. The molecule has 1 aromatic carbocycles. The Labute approximate surface area is 117 Å². The van der Waals surface area contributed by atoms with Crippen LogP contribution in [0.5, 0.6) is 0 Å². The van der Waals surface area contributed by atoms with E-state index in [0.29, 0.717) is 17.1 Å². The molecule has 1 aromatic heterocycles. The van der Waals surface area contributed by atoms with Gasteiger partial charge in [-0.25, -0.2) is 9.78 Å². The van der Waals surface area contributed by atoms with Gasteiger partial charge in [0.15, 0.2) is 0 Å². The number of aromatic nitrogens is 1. The van der Waals surface area contributed by atoms with E-state index >= 15 is 0 Å². The Morgan fingerprint density at radius 1 is 1.37 bits per heavy atom. The van der Waals surface area contributed by atoms with Crippen molar-refractivity contribution in [3.63, 3.8) is 0 Å². The minimum Gasteiger partial charge on any atom is -0.478 e. The van der Waals surface area contributed by atoms with Gasteiger partial charge in [0, 0.05) is 10.7 Å². The molecule has 2 rings (SSSR count). The summed E-state index contributed by atoms with van der Waals surface area (Å²) in [7, 11) is 0. The van der Waals surface area contributed by atoms with Crippen molar-refractivity contribution in [1.29, 1.82) is 5.26 Å². The van der Waals surface area contributed by atoms with Gasteiger partial charge >= 0.3 is 5.97 Å². The zero-order chi connectivity index (χ0) is 13.8. The highest BCUT2D eigenvalue weighted by molar-refractivity contribution is 9.10. The van der Waals surface area contributed by atoms with Crippen LogP contribution in [0.15, 0.2) is 41.0 Å². The summed E-state index contributed by atoms with van der Waals surface area (Å²) in [6, 6.07) is 10.0. The molecule has 5 nitrogen and oxygen atoms in total. The van der Waals surface area contributed by atoms with Crippen LogP contribution in [-0.4, -0.2) is 16.1 Å². The van der Waals surface area contributed by atoms with Gasteiger partial charge in [0.2, 0.25) is 0 Å². The Hall–Kier alpha value is -2.39. The molecular weight excluding hydrogens is 310 g/mol. The first-order valence-corrected chi connectivity index (χ1v) is 6.05. The molecular formula is C13H8BrN3O2. The third-order valence-corrected chi connectivity index (χ3v) is 2.86. The fourth-order valence-electron chi connectivity index (χ4n) is 1.49. The lowest BCUT2D eigenvalue weighted by molar-refractivity contribution is 0.0697. The zero-order valence-corrected chi connectivity index (χ0v) is 11.2.